The number of hydrogen-bond acceptors (Lipinski definition) is 4. The highest BCUT2D eigenvalue weighted by Crippen LogP contribution is 2.31. The number of benzene rings is 1. The molecule has 1 amide bonds. The molecule has 0 bridgehead atoms. The maximum atomic E-state index is 12.8. The van der Waals surface area contributed by atoms with E-state index < -0.39 is 12.6 Å². The Kier molecular flexibility index (Phi) is 6.06. The number of aliphatic carboxylic acids is 1. The van der Waals surface area contributed by atoms with Crippen molar-refractivity contribution in [1.82, 2.24) is 4.90 Å². The summed E-state index contributed by atoms with van der Waals surface area (Å²) in [6.07, 6.45) is 1.97. The van der Waals surface area contributed by atoms with Crippen LogP contribution in [0.1, 0.15) is 44.0 Å². The molecular formula is C18H25NO5. The Balaban J connectivity index is 2.22. The van der Waals surface area contributed by atoms with Crippen molar-refractivity contribution in [3.63, 3.8) is 0 Å². The third kappa shape index (κ3) is 4.19. The van der Waals surface area contributed by atoms with Gasteiger partial charge in [-0.25, -0.2) is 4.79 Å². The lowest BCUT2D eigenvalue weighted by atomic mass is 10.1. The number of ether oxygens (including phenoxy) is 2. The lowest BCUT2D eigenvalue weighted by Gasteiger charge is -2.24. The molecule has 2 rings (SSSR count). The van der Waals surface area contributed by atoms with Crippen LogP contribution in [-0.2, 0) is 4.79 Å². The molecule has 6 heteroatoms. The lowest BCUT2D eigenvalue weighted by Crippen LogP contribution is -2.35. The van der Waals surface area contributed by atoms with Crippen LogP contribution >= 0.6 is 0 Å². The first-order valence-corrected chi connectivity index (χ1v) is 8.38. The maximum Gasteiger partial charge on any atom is 0.341 e. The van der Waals surface area contributed by atoms with Gasteiger partial charge in [0.05, 0.1) is 6.61 Å². The van der Waals surface area contributed by atoms with Crippen molar-refractivity contribution in [2.24, 2.45) is 5.92 Å². The normalized spacial score (nSPS) is 20.0. The Labute approximate surface area is 142 Å². The molecule has 24 heavy (non-hydrogen) atoms. The Morgan fingerprint density at radius 3 is 2.62 bits per heavy atom. The first-order valence-electron chi connectivity index (χ1n) is 8.38. The molecule has 2 atom stereocenters. The van der Waals surface area contributed by atoms with Gasteiger partial charge in [0.2, 0.25) is 0 Å². The van der Waals surface area contributed by atoms with Crippen LogP contribution in [0.5, 0.6) is 11.5 Å². The fraction of sp³-hybridized carbons (Fsp3) is 0.556. The summed E-state index contributed by atoms with van der Waals surface area (Å²) in [5.74, 6) is 0.150. The minimum Gasteiger partial charge on any atom is -0.490 e. The lowest BCUT2D eigenvalue weighted by molar-refractivity contribution is -0.139. The molecule has 2 unspecified atom stereocenters. The number of carboxylic acid groups (broad SMARTS) is 1. The van der Waals surface area contributed by atoms with Gasteiger partial charge >= 0.3 is 5.97 Å². The first-order chi connectivity index (χ1) is 11.5. The summed E-state index contributed by atoms with van der Waals surface area (Å²) in [5, 5.41) is 8.74. The largest absolute Gasteiger partial charge is 0.490 e. The average molecular weight is 335 g/mol. The molecule has 1 saturated heterocycles. The van der Waals surface area contributed by atoms with E-state index in [0.717, 1.165) is 19.4 Å². The molecule has 1 aliphatic rings. The monoisotopic (exact) mass is 335 g/mol. The third-order valence-corrected chi connectivity index (χ3v) is 4.20. The molecule has 0 spiro atoms. The number of rotatable bonds is 7. The number of carbonyl (C=O) groups is 2. The Hall–Kier alpha value is -2.24. The van der Waals surface area contributed by atoms with Gasteiger partial charge in [-0.15, -0.1) is 0 Å². The van der Waals surface area contributed by atoms with Gasteiger partial charge in [-0.2, -0.15) is 0 Å². The van der Waals surface area contributed by atoms with E-state index in [4.69, 9.17) is 14.6 Å². The van der Waals surface area contributed by atoms with Crippen LogP contribution in [0, 0.1) is 5.92 Å². The van der Waals surface area contributed by atoms with Gasteiger partial charge in [-0.05, 0) is 43.9 Å². The molecule has 0 aliphatic carbocycles. The van der Waals surface area contributed by atoms with Crippen molar-refractivity contribution >= 4 is 11.9 Å². The molecule has 6 nitrogen and oxygen atoms in total. The molecule has 132 valence electrons. The SMILES string of the molecule is CCOc1cc(C(=O)N2CC(C)CC2CC)ccc1OCC(=O)O. The van der Waals surface area contributed by atoms with E-state index in [1.54, 1.807) is 18.2 Å². The molecule has 1 heterocycles. The molecule has 0 radical (unpaired) electrons. The smallest absolute Gasteiger partial charge is 0.341 e. The molecule has 1 N–H and O–H groups in total. The van der Waals surface area contributed by atoms with E-state index >= 15 is 0 Å². The summed E-state index contributed by atoms with van der Waals surface area (Å²) in [7, 11) is 0. The van der Waals surface area contributed by atoms with Crippen molar-refractivity contribution in [2.45, 2.75) is 39.7 Å². The number of nitrogens with zero attached hydrogens (tertiary/aromatic N) is 1. The van der Waals surface area contributed by atoms with Gasteiger partial charge < -0.3 is 19.5 Å². The van der Waals surface area contributed by atoms with Crippen LogP contribution in [0.3, 0.4) is 0 Å². The number of carboxylic acids is 1. The second-order valence-electron chi connectivity index (χ2n) is 6.14. The highest BCUT2D eigenvalue weighted by molar-refractivity contribution is 5.95. The molecule has 0 aromatic heterocycles. The van der Waals surface area contributed by atoms with Crippen LogP contribution in [0.2, 0.25) is 0 Å². The zero-order chi connectivity index (χ0) is 17.7. The summed E-state index contributed by atoms with van der Waals surface area (Å²) < 4.78 is 10.7. The van der Waals surface area contributed by atoms with Crippen LogP contribution < -0.4 is 9.47 Å². The third-order valence-electron chi connectivity index (χ3n) is 4.20. The number of hydrogen-bond donors (Lipinski definition) is 1. The fourth-order valence-corrected chi connectivity index (χ4v) is 3.12. The average Bonchev–Trinajstić information content (AvgIpc) is 2.94. The summed E-state index contributed by atoms with van der Waals surface area (Å²) in [6.45, 7) is 6.79. The summed E-state index contributed by atoms with van der Waals surface area (Å²) >= 11 is 0. The molecule has 1 aliphatic heterocycles. The predicted molar refractivity (Wildman–Crippen MR) is 89.6 cm³/mol. The quantitative estimate of drug-likeness (QED) is 0.829. The molecular weight excluding hydrogens is 310 g/mol. The summed E-state index contributed by atoms with van der Waals surface area (Å²) in [6, 6.07) is 5.17. The predicted octanol–water partition coefficient (Wildman–Crippen LogP) is 2.81. The van der Waals surface area contributed by atoms with Gasteiger partial charge in [0, 0.05) is 18.2 Å². The van der Waals surface area contributed by atoms with E-state index in [1.807, 2.05) is 11.8 Å². The number of carbonyl (C=O) groups excluding carboxylic acids is 1. The van der Waals surface area contributed by atoms with Crippen molar-refractivity contribution in [3.8, 4) is 11.5 Å². The Morgan fingerprint density at radius 1 is 1.25 bits per heavy atom. The minimum absolute atomic E-state index is 0.0167. The van der Waals surface area contributed by atoms with E-state index in [1.165, 1.54) is 0 Å². The van der Waals surface area contributed by atoms with Crippen molar-refractivity contribution in [1.29, 1.82) is 0 Å². The highest BCUT2D eigenvalue weighted by atomic mass is 16.5. The Bertz CT molecular complexity index is 601. The first kappa shape index (κ1) is 18.1. The zero-order valence-electron chi connectivity index (χ0n) is 14.4. The van der Waals surface area contributed by atoms with Gasteiger partial charge in [-0.1, -0.05) is 13.8 Å². The molecule has 1 aromatic carbocycles. The van der Waals surface area contributed by atoms with Crippen LogP contribution in [0.4, 0.5) is 0 Å². The molecule has 0 saturated carbocycles. The Morgan fingerprint density at radius 2 is 2.00 bits per heavy atom. The standard InChI is InChI=1S/C18H25NO5/c1-4-14-8-12(3)10-19(14)18(22)13-6-7-15(24-11-17(20)21)16(9-13)23-5-2/h6-7,9,12,14H,4-5,8,10-11H2,1-3H3,(H,20,21). The van der Waals surface area contributed by atoms with E-state index in [0.29, 0.717) is 29.6 Å². The second kappa shape index (κ2) is 8.04. The highest BCUT2D eigenvalue weighted by Gasteiger charge is 2.32. The molecule has 1 aromatic rings. The van der Waals surface area contributed by atoms with Crippen molar-refractivity contribution in [3.05, 3.63) is 23.8 Å². The summed E-state index contributed by atoms with van der Waals surface area (Å²) in [5.41, 5.74) is 0.536. The van der Waals surface area contributed by atoms with Gasteiger partial charge in [0.25, 0.3) is 5.91 Å². The molecule has 1 fully saturated rings. The topological polar surface area (TPSA) is 76.1 Å². The number of likely N-dealkylation sites (tertiary alicyclic amines) is 1. The van der Waals surface area contributed by atoms with E-state index in [9.17, 15) is 9.59 Å². The zero-order valence-corrected chi connectivity index (χ0v) is 14.4. The van der Waals surface area contributed by atoms with Gasteiger partial charge in [0.15, 0.2) is 18.1 Å². The van der Waals surface area contributed by atoms with Crippen molar-refractivity contribution in [2.75, 3.05) is 19.8 Å². The van der Waals surface area contributed by atoms with Gasteiger partial charge in [0.1, 0.15) is 0 Å². The fourth-order valence-electron chi connectivity index (χ4n) is 3.12. The second-order valence-corrected chi connectivity index (χ2v) is 6.14. The van der Waals surface area contributed by atoms with Gasteiger partial charge in [-0.3, -0.25) is 4.79 Å². The van der Waals surface area contributed by atoms with E-state index in [2.05, 4.69) is 13.8 Å². The van der Waals surface area contributed by atoms with Crippen LogP contribution in [-0.4, -0.2) is 47.7 Å². The van der Waals surface area contributed by atoms with Crippen LogP contribution in [0.25, 0.3) is 0 Å². The van der Waals surface area contributed by atoms with Crippen molar-refractivity contribution < 1.29 is 24.2 Å². The maximum absolute atomic E-state index is 12.8. The summed E-state index contributed by atoms with van der Waals surface area (Å²) in [4.78, 5) is 25.4. The number of amides is 1. The minimum atomic E-state index is -1.06. The van der Waals surface area contributed by atoms with E-state index in [-0.39, 0.29) is 11.9 Å². The van der Waals surface area contributed by atoms with Crippen LogP contribution in [0.15, 0.2) is 18.2 Å².